The molecule has 0 spiro atoms. The van der Waals surface area contributed by atoms with Crippen molar-refractivity contribution in [2.24, 2.45) is 5.73 Å². The predicted octanol–water partition coefficient (Wildman–Crippen LogP) is 2.42. The molecule has 82 valence electrons. The number of anilines is 2. The molecule has 0 unspecified atom stereocenters. The number of benzene rings is 1. The van der Waals surface area contributed by atoms with Gasteiger partial charge in [0.05, 0.1) is 5.69 Å². The van der Waals surface area contributed by atoms with Gasteiger partial charge in [-0.1, -0.05) is 18.2 Å². The minimum absolute atomic E-state index is 0.299. The molecule has 1 heterocycles. The van der Waals surface area contributed by atoms with Crippen molar-refractivity contribution >= 4 is 11.5 Å². The average Bonchev–Trinajstić information content (AvgIpc) is 2.33. The van der Waals surface area contributed by atoms with Gasteiger partial charge in [0.15, 0.2) is 0 Å². The Morgan fingerprint density at radius 1 is 1.19 bits per heavy atom. The summed E-state index contributed by atoms with van der Waals surface area (Å²) >= 11 is 0. The fraction of sp³-hybridized carbons (Fsp3) is 0.0833. The van der Waals surface area contributed by atoms with E-state index < -0.39 is 0 Å². The van der Waals surface area contributed by atoms with Crippen LogP contribution in [0.2, 0.25) is 0 Å². The quantitative estimate of drug-likeness (QED) is 0.830. The molecule has 4 heteroatoms. The van der Waals surface area contributed by atoms with Gasteiger partial charge in [-0.15, -0.1) is 0 Å². The van der Waals surface area contributed by atoms with Crippen molar-refractivity contribution in [3.8, 4) is 0 Å². The van der Waals surface area contributed by atoms with Gasteiger partial charge in [0.25, 0.3) is 0 Å². The number of aromatic nitrogens is 1. The number of hydrogen-bond acceptors (Lipinski definition) is 3. The van der Waals surface area contributed by atoms with Crippen LogP contribution in [-0.2, 0) is 6.54 Å². The summed E-state index contributed by atoms with van der Waals surface area (Å²) in [5, 5.41) is 2.90. The Morgan fingerprint density at radius 2 is 2.00 bits per heavy atom. The van der Waals surface area contributed by atoms with E-state index in [2.05, 4.69) is 10.3 Å². The average molecular weight is 217 g/mol. The smallest absolute Gasteiger partial charge is 0.146 e. The highest BCUT2D eigenvalue weighted by Crippen LogP contribution is 2.17. The lowest BCUT2D eigenvalue weighted by atomic mass is 10.2. The molecule has 0 aliphatic carbocycles. The lowest BCUT2D eigenvalue weighted by Gasteiger charge is -2.06. The summed E-state index contributed by atoms with van der Waals surface area (Å²) in [6, 6.07) is 10.1. The first kappa shape index (κ1) is 10.6. The van der Waals surface area contributed by atoms with Crippen molar-refractivity contribution in [3.05, 3.63) is 54.0 Å². The summed E-state index contributed by atoms with van der Waals surface area (Å²) < 4.78 is 13.3. The van der Waals surface area contributed by atoms with Crippen LogP contribution in [0, 0.1) is 5.82 Å². The second kappa shape index (κ2) is 4.72. The Morgan fingerprint density at radius 3 is 2.62 bits per heavy atom. The van der Waals surface area contributed by atoms with E-state index in [9.17, 15) is 4.39 Å². The maximum Gasteiger partial charge on any atom is 0.146 e. The van der Waals surface area contributed by atoms with Gasteiger partial charge in [0, 0.05) is 12.7 Å². The van der Waals surface area contributed by atoms with Gasteiger partial charge in [-0.2, -0.15) is 0 Å². The van der Waals surface area contributed by atoms with Crippen LogP contribution in [0.15, 0.2) is 42.6 Å². The van der Waals surface area contributed by atoms with Crippen LogP contribution in [0.4, 0.5) is 15.9 Å². The zero-order valence-electron chi connectivity index (χ0n) is 8.65. The fourth-order valence-electron chi connectivity index (χ4n) is 1.32. The zero-order chi connectivity index (χ0) is 11.4. The first-order valence-corrected chi connectivity index (χ1v) is 4.96. The normalized spacial score (nSPS) is 10.1. The lowest BCUT2D eigenvalue weighted by Crippen LogP contribution is -1.99. The molecule has 0 aliphatic heterocycles. The van der Waals surface area contributed by atoms with Gasteiger partial charge in [-0.05, 0) is 23.8 Å². The summed E-state index contributed by atoms with van der Waals surface area (Å²) in [4.78, 5) is 4.13. The van der Waals surface area contributed by atoms with Crippen LogP contribution in [0.5, 0.6) is 0 Å². The molecule has 0 radical (unpaired) electrons. The SMILES string of the molecule is NCc1ccc(Nc2ccccc2F)nc1. The molecule has 0 atom stereocenters. The van der Waals surface area contributed by atoms with Gasteiger partial charge in [-0.25, -0.2) is 9.37 Å². The van der Waals surface area contributed by atoms with Crippen LogP contribution in [0.1, 0.15) is 5.56 Å². The first-order chi connectivity index (χ1) is 7.79. The molecule has 3 N–H and O–H groups in total. The maximum absolute atomic E-state index is 13.3. The number of nitrogens with two attached hydrogens (primary N) is 1. The van der Waals surface area contributed by atoms with Crippen LogP contribution in [0.25, 0.3) is 0 Å². The maximum atomic E-state index is 13.3. The molecule has 1 aromatic carbocycles. The summed E-state index contributed by atoms with van der Waals surface area (Å²) in [7, 11) is 0. The van der Waals surface area contributed by atoms with E-state index in [1.807, 2.05) is 6.07 Å². The van der Waals surface area contributed by atoms with Crippen molar-refractivity contribution in [3.63, 3.8) is 0 Å². The summed E-state index contributed by atoms with van der Waals surface area (Å²) in [5.41, 5.74) is 6.81. The standard InChI is InChI=1S/C12H12FN3/c13-10-3-1-2-4-11(10)16-12-6-5-9(7-14)8-15-12/h1-6,8H,7,14H2,(H,15,16). The number of nitrogens with one attached hydrogen (secondary N) is 1. The Balaban J connectivity index is 2.18. The van der Waals surface area contributed by atoms with Crippen molar-refractivity contribution < 1.29 is 4.39 Å². The number of pyridine rings is 1. The highest BCUT2D eigenvalue weighted by atomic mass is 19.1. The third kappa shape index (κ3) is 2.35. The van der Waals surface area contributed by atoms with Crippen LogP contribution >= 0.6 is 0 Å². The highest BCUT2D eigenvalue weighted by Gasteiger charge is 2.01. The van der Waals surface area contributed by atoms with E-state index in [1.165, 1.54) is 6.07 Å². The fourth-order valence-corrected chi connectivity index (χ4v) is 1.32. The van der Waals surface area contributed by atoms with Gasteiger partial charge >= 0.3 is 0 Å². The minimum Gasteiger partial charge on any atom is -0.338 e. The largest absolute Gasteiger partial charge is 0.338 e. The van der Waals surface area contributed by atoms with E-state index in [0.29, 0.717) is 18.1 Å². The topological polar surface area (TPSA) is 50.9 Å². The van der Waals surface area contributed by atoms with E-state index in [1.54, 1.807) is 30.5 Å². The number of para-hydroxylation sites is 1. The molecule has 2 aromatic rings. The molecule has 0 bridgehead atoms. The van der Waals surface area contributed by atoms with E-state index >= 15 is 0 Å². The third-order valence-electron chi connectivity index (χ3n) is 2.20. The van der Waals surface area contributed by atoms with E-state index in [-0.39, 0.29) is 5.82 Å². The van der Waals surface area contributed by atoms with Gasteiger partial charge in [0.1, 0.15) is 11.6 Å². The molecule has 0 fully saturated rings. The molecular formula is C12H12FN3. The number of hydrogen-bond donors (Lipinski definition) is 2. The van der Waals surface area contributed by atoms with Crippen molar-refractivity contribution in [2.45, 2.75) is 6.54 Å². The molecule has 16 heavy (non-hydrogen) atoms. The van der Waals surface area contributed by atoms with Crippen molar-refractivity contribution in [2.75, 3.05) is 5.32 Å². The number of nitrogens with zero attached hydrogens (tertiary/aromatic N) is 1. The second-order valence-electron chi connectivity index (χ2n) is 3.36. The molecular weight excluding hydrogens is 205 g/mol. The summed E-state index contributed by atoms with van der Waals surface area (Å²) in [6.07, 6.45) is 1.67. The van der Waals surface area contributed by atoms with Crippen LogP contribution < -0.4 is 11.1 Å². The monoisotopic (exact) mass is 217 g/mol. The van der Waals surface area contributed by atoms with Gasteiger partial charge < -0.3 is 11.1 Å². The number of rotatable bonds is 3. The van der Waals surface area contributed by atoms with E-state index in [0.717, 1.165) is 5.56 Å². The van der Waals surface area contributed by atoms with Crippen LogP contribution in [0.3, 0.4) is 0 Å². The van der Waals surface area contributed by atoms with Gasteiger partial charge in [-0.3, -0.25) is 0 Å². The highest BCUT2D eigenvalue weighted by molar-refractivity contribution is 5.56. The van der Waals surface area contributed by atoms with E-state index in [4.69, 9.17) is 5.73 Å². The molecule has 1 aromatic heterocycles. The third-order valence-corrected chi connectivity index (χ3v) is 2.20. The van der Waals surface area contributed by atoms with Crippen molar-refractivity contribution in [1.82, 2.24) is 4.98 Å². The molecule has 0 saturated heterocycles. The summed E-state index contributed by atoms with van der Waals surface area (Å²) in [6.45, 7) is 0.451. The first-order valence-electron chi connectivity index (χ1n) is 4.96. The van der Waals surface area contributed by atoms with Crippen LogP contribution in [-0.4, -0.2) is 4.98 Å². The zero-order valence-corrected chi connectivity index (χ0v) is 8.65. The Labute approximate surface area is 93.1 Å². The Hall–Kier alpha value is -1.94. The van der Waals surface area contributed by atoms with Crippen molar-refractivity contribution in [1.29, 1.82) is 0 Å². The molecule has 2 rings (SSSR count). The predicted molar refractivity (Wildman–Crippen MR) is 61.8 cm³/mol. The molecule has 0 amide bonds. The molecule has 0 saturated carbocycles. The Kier molecular flexibility index (Phi) is 3.12. The lowest BCUT2D eigenvalue weighted by molar-refractivity contribution is 0.632. The summed E-state index contributed by atoms with van der Waals surface area (Å²) in [5.74, 6) is 0.300. The minimum atomic E-state index is -0.299. The Bertz CT molecular complexity index is 468. The van der Waals surface area contributed by atoms with Gasteiger partial charge in [0.2, 0.25) is 0 Å². The number of halogens is 1. The molecule has 0 aliphatic rings. The second-order valence-corrected chi connectivity index (χ2v) is 3.36. The molecule has 3 nitrogen and oxygen atoms in total.